The largest absolute Gasteiger partial charge is 0.295 e. The molecule has 0 atom stereocenters. The highest BCUT2D eigenvalue weighted by molar-refractivity contribution is 5.71. The molecule has 5 heteroatoms. The third kappa shape index (κ3) is 2.67. The van der Waals surface area contributed by atoms with Gasteiger partial charge in [0.15, 0.2) is 5.65 Å². The van der Waals surface area contributed by atoms with Gasteiger partial charge in [-0.15, -0.1) is 0 Å². The maximum Gasteiger partial charge on any atom is 0.276 e. The molecule has 0 aliphatic heterocycles. The lowest BCUT2D eigenvalue weighted by Crippen LogP contribution is -2.22. The molecule has 0 aliphatic rings. The van der Waals surface area contributed by atoms with E-state index < -0.39 is 0 Å². The lowest BCUT2D eigenvalue weighted by molar-refractivity contribution is 0.790. The van der Waals surface area contributed by atoms with Gasteiger partial charge in [-0.2, -0.15) is 5.26 Å². The average Bonchev–Trinajstić information content (AvgIpc) is 2.97. The standard InChI is InChI=1S/C18H16N4O/c1-12(2)16-15(9-8-13-6-4-3-5-7-13)21-17-14(10-19)11-20-22(17)18(16)23/h3-9,11-12,20H,1-2H3/b9-8+. The number of benzene rings is 1. The van der Waals surface area contributed by atoms with Gasteiger partial charge >= 0.3 is 0 Å². The molecule has 114 valence electrons. The number of H-pyrrole nitrogens is 1. The summed E-state index contributed by atoms with van der Waals surface area (Å²) in [7, 11) is 0. The minimum atomic E-state index is -0.167. The van der Waals surface area contributed by atoms with Crippen LogP contribution in [0.5, 0.6) is 0 Å². The molecule has 0 aliphatic carbocycles. The summed E-state index contributed by atoms with van der Waals surface area (Å²) in [5, 5.41) is 11.9. The Morgan fingerprint density at radius 3 is 2.65 bits per heavy atom. The Morgan fingerprint density at radius 1 is 1.26 bits per heavy atom. The Balaban J connectivity index is 2.22. The third-order valence-electron chi connectivity index (χ3n) is 3.66. The van der Waals surface area contributed by atoms with E-state index in [0.29, 0.717) is 22.5 Å². The average molecular weight is 304 g/mol. The van der Waals surface area contributed by atoms with Crippen molar-refractivity contribution >= 4 is 17.8 Å². The van der Waals surface area contributed by atoms with Crippen molar-refractivity contribution in [3.05, 3.63) is 69.3 Å². The molecule has 0 fully saturated rings. The van der Waals surface area contributed by atoms with Crippen molar-refractivity contribution in [2.24, 2.45) is 0 Å². The molecule has 2 heterocycles. The topological polar surface area (TPSA) is 73.9 Å². The summed E-state index contributed by atoms with van der Waals surface area (Å²) >= 11 is 0. The van der Waals surface area contributed by atoms with Crippen molar-refractivity contribution in [1.29, 1.82) is 5.26 Å². The minimum absolute atomic E-state index is 0.0242. The lowest BCUT2D eigenvalue weighted by Gasteiger charge is -2.09. The molecule has 1 N–H and O–H groups in total. The molecule has 0 saturated heterocycles. The maximum absolute atomic E-state index is 12.7. The molecule has 3 aromatic rings. The van der Waals surface area contributed by atoms with Crippen LogP contribution in [0.3, 0.4) is 0 Å². The number of aromatic nitrogens is 3. The molecule has 0 radical (unpaired) electrons. The molecule has 1 aromatic carbocycles. The SMILES string of the molecule is CC(C)c1c(/C=C/c2ccccc2)nc2c(C#N)c[nH]n2c1=O. The summed E-state index contributed by atoms with van der Waals surface area (Å²) in [5.41, 5.74) is 2.80. The summed E-state index contributed by atoms with van der Waals surface area (Å²) in [5.74, 6) is 0.0242. The lowest BCUT2D eigenvalue weighted by atomic mass is 10.0. The normalized spacial score (nSPS) is 11.4. The zero-order chi connectivity index (χ0) is 16.4. The smallest absolute Gasteiger partial charge is 0.276 e. The Hall–Kier alpha value is -3.13. The Labute approximate surface area is 133 Å². The summed E-state index contributed by atoms with van der Waals surface area (Å²) in [6, 6.07) is 11.9. The highest BCUT2D eigenvalue weighted by Gasteiger charge is 2.17. The van der Waals surface area contributed by atoms with Gasteiger partial charge in [0.05, 0.1) is 5.69 Å². The Morgan fingerprint density at radius 2 is 2.00 bits per heavy atom. The van der Waals surface area contributed by atoms with Crippen LogP contribution in [0.2, 0.25) is 0 Å². The van der Waals surface area contributed by atoms with E-state index >= 15 is 0 Å². The molecule has 0 amide bonds. The van der Waals surface area contributed by atoms with Gasteiger partial charge < -0.3 is 0 Å². The van der Waals surface area contributed by atoms with Crippen LogP contribution < -0.4 is 5.56 Å². The van der Waals surface area contributed by atoms with Crippen molar-refractivity contribution in [3.63, 3.8) is 0 Å². The number of nitrogens with one attached hydrogen (secondary N) is 1. The number of aromatic amines is 1. The highest BCUT2D eigenvalue weighted by Crippen LogP contribution is 2.18. The van der Waals surface area contributed by atoms with Crippen molar-refractivity contribution in [1.82, 2.24) is 14.6 Å². The molecule has 3 rings (SSSR count). The van der Waals surface area contributed by atoms with Crippen LogP contribution in [0.4, 0.5) is 0 Å². The van der Waals surface area contributed by atoms with Gasteiger partial charge in [0, 0.05) is 11.8 Å². The zero-order valence-corrected chi connectivity index (χ0v) is 12.9. The van der Waals surface area contributed by atoms with Crippen LogP contribution in [0, 0.1) is 11.3 Å². The Bertz CT molecular complexity index is 972. The molecule has 5 nitrogen and oxygen atoms in total. The van der Waals surface area contributed by atoms with E-state index in [1.165, 1.54) is 10.7 Å². The summed E-state index contributed by atoms with van der Waals surface area (Å²) in [4.78, 5) is 17.2. The predicted molar refractivity (Wildman–Crippen MR) is 90.0 cm³/mol. The summed E-state index contributed by atoms with van der Waals surface area (Å²) < 4.78 is 1.33. The van der Waals surface area contributed by atoms with E-state index in [1.54, 1.807) is 0 Å². The molecular weight excluding hydrogens is 288 g/mol. The minimum Gasteiger partial charge on any atom is -0.295 e. The quantitative estimate of drug-likeness (QED) is 0.807. The number of fused-ring (bicyclic) bond motifs is 1. The molecule has 0 bridgehead atoms. The van der Waals surface area contributed by atoms with E-state index in [9.17, 15) is 4.79 Å². The first-order valence-electron chi connectivity index (χ1n) is 7.39. The van der Waals surface area contributed by atoms with Gasteiger partial charge in [-0.05, 0) is 17.6 Å². The van der Waals surface area contributed by atoms with E-state index in [4.69, 9.17) is 5.26 Å². The van der Waals surface area contributed by atoms with E-state index in [0.717, 1.165) is 5.56 Å². The van der Waals surface area contributed by atoms with Gasteiger partial charge in [0.25, 0.3) is 5.56 Å². The van der Waals surface area contributed by atoms with Crippen LogP contribution in [0.15, 0.2) is 41.3 Å². The first kappa shape index (κ1) is 14.8. The van der Waals surface area contributed by atoms with E-state index in [-0.39, 0.29) is 11.5 Å². The first-order chi connectivity index (χ1) is 11.1. The zero-order valence-electron chi connectivity index (χ0n) is 12.9. The molecular formula is C18H16N4O. The second-order valence-corrected chi connectivity index (χ2v) is 5.57. The van der Waals surface area contributed by atoms with Crippen LogP contribution in [0.25, 0.3) is 17.8 Å². The van der Waals surface area contributed by atoms with Gasteiger partial charge in [-0.25, -0.2) is 9.50 Å². The predicted octanol–water partition coefficient (Wildman–Crippen LogP) is 3.19. The molecule has 2 aromatic heterocycles. The van der Waals surface area contributed by atoms with Crippen LogP contribution in [0.1, 0.15) is 42.1 Å². The van der Waals surface area contributed by atoms with Crippen molar-refractivity contribution in [2.75, 3.05) is 0 Å². The van der Waals surface area contributed by atoms with Crippen molar-refractivity contribution in [2.45, 2.75) is 19.8 Å². The third-order valence-corrected chi connectivity index (χ3v) is 3.66. The first-order valence-corrected chi connectivity index (χ1v) is 7.39. The fourth-order valence-corrected chi connectivity index (χ4v) is 2.54. The number of nitriles is 1. The van der Waals surface area contributed by atoms with E-state index in [1.807, 2.05) is 62.4 Å². The maximum atomic E-state index is 12.7. The molecule has 0 saturated carbocycles. The number of hydrogen-bond acceptors (Lipinski definition) is 3. The second-order valence-electron chi connectivity index (χ2n) is 5.57. The highest BCUT2D eigenvalue weighted by atomic mass is 16.1. The van der Waals surface area contributed by atoms with Gasteiger partial charge in [-0.3, -0.25) is 9.89 Å². The Kier molecular flexibility index (Phi) is 3.82. The summed E-state index contributed by atoms with van der Waals surface area (Å²) in [6.45, 7) is 3.91. The molecule has 0 spiro atoms. The number of hydrogen-bond donors (Lipinski definition) is 1. The van der Waals surface area contributed by atoms with Gasteiger partial charge in [0.1, 0.15) is 11.6 Å². The fourth-order valence-electron chi connectivity index (χ4n) is 2.54. The van der Waals surface area contributed by atoms with Gasteiger partial charge in [0.2, 0.25) is 0 Å². The van der Waals surface area contributed by atoms with Crippen molar-refractivity contribution in [3.8, 4) is 6.07 Å². The summed E-state index contributed by atoms with van der Waals surface area (Å²) in [6.07, 6.45) is 5.25. The van der Waals surface area contributed by atoms with Crippen molar-refractivity contribution < 1.29 is 0 Å². The van der Waals surface area contributed by atoms with Crippen LogP contribution in [-0.2, 0) is 0 Å². The number of nitrogens with zero attached hydrogens (tertiary/aromatic N) is 3. The fraction of sp³-hybridized carbons (Fsp3) is 0.167. The number of rotatable bonds is 3. The van der Waals surface area contributed by atoms with E-state index in [2.05, 4.69) is 10.1 Å². The molecule has 0 unspecified atom stereocenters. The van der Waals surface area contributed by atoms with Gasteiger partial charge in [-0.1, -0.05) is 50.3 Å². The second kappa shape index (κ2) is 5.93. The molecule has 23 heavy (non-hydrogen) atoms. The van der Waals surface area contributed by atoms with Crippen LogP contribution >= 0.6 is 0 Å². The monoisotopic (exact) mass is 304 g/mol. The van der Waals surface area contributed by atoms with Crippen LogP contribution in [-0.4, -0.2) is 14.6 Å².